The van der Waals surface area contributed by atoms with Crippen LogP contribution < -0.4 is 4.74 Å². The SMILES string of the molecule is COc1ccc(Cc2nc(-c3cscn3)n(C3CCN(C)CC3)n2)cc1. The molecule has 1 aliphatic heterocycles. The number of rotatable bonds is 5. The van der Waals surface area contributed by atoms with Crippen LogP contribution in [0.1, 0.15) is 30.3 Å². The highest BCUT2D eigenvalue weighted by Crippen LogP contribution is 2.27. The van der Waals surface area contributed by atoms with Crippen LogP contribution in [0.5, 0.6) is 5.75 Å². The Hall–Kier alpha value is -2.25. The molecule has 26 heavy (non-hydrogen) atoms. The van der Waals surface area contributed by atoms with Gasteiger partial charge in [-0.25, -0.2) is 14.6 Å². The highest BCUT2D eigenvalue weighted by atomic mass is 32.1. The molecule has 136 valence electrons. The molecule has 4 rings (SSSR count). The summed E-state index contributed by atoms with van der Waals surface area (Å²) in [6.45, 7) is 2.18. The monoisotopic (exact) mass is 369 g/mol. The van der Waals surface area contributed by atoms with Gasteiger partial charge in [0.2, 0.25) is 0 Å². The fourth-order valence-corrected chi connectivity index (χ4v) is 3.89. The van der Waals surface area contributed by atoms with Crippen LogP contribution in [0.2, 0.25) is 0 Å². The van der Waals surface area contributed by atoms with Gasteiger partial charge in [-0.05, 0) is 50.7 Å². The van der Waals surface area contributed by atoms with Gasteiger partial charge in [-0.3, -0.25) is 0 Å². The number of nitrogens with zero attached hydrogens (tertiary/aromatic N) is 5. The van der Waals surface area contributed by atoms with E-state index in [0.717, 1.165) is 49.0 Å². The first-order valence-electron chi connectivity index (χ1n) is 8.88. The predicted octanol–water partition coefficient (Wildman–Crippen LogP) is 3.27. The van der Waals surface area contributed by atoms with E-state index in [1.165, 1.54) is 5.56 Å². The van der Waals surface area contributed by atoms with Crippen LogP contribution in [0, 0.1) is 0 Å². The lowest BCUT2D eigenvalue weighted by Crippen LogP contribution is -2.32. The Morgan fingerprint density at radius 3 is 2.62 bits per heavy atom. The Morgan fingerprint density at radius 2 is 1.96 bits per heavy atom. The highest BCUT2D eigenvalue weighted by molar-refractivity contribution is 7.07. The van der Waals surface area contributed by atoms with Gasteiger partial charge in [0.25, 0.3) is 0 Å². The predicted molar refractivity (Wildman–Crippen MR) is 103 cm³/mol. The van der Waals surface area contributed by atoms with Crippen molar-refractivity contribution in [2.75, 3.05) is 27.2 Å². The largest absolute Gasteiger partial charge is 0.497 e. The molecule has 0 amide bonds. The smallest absolute Gasteiger partial charge is 0.178 e. The summed E-state index contributed by atoms with van der Waals surface area (Å²) in [6.07, 6.45) is 2.90. The third-order valence-corrected chi connectivity index (χ3v) is 5.48. The summed E-state index contributed by atoms with van der Waals surface area (Å²) in [5.41, 5.74) is 3.95. The van der Waals surface area contributed by atoms with Gasteiger partial charge in [0.05, 0.1) is 18.7 Å². The summed E-state index contributed by atoms with van der Waals surface area (Å²) in [6, 6.07) is 8.48. The zero-order valence-corrected chi connectivity index (χ0v) is 15.9. The van der Waals surface area contributed by atoms with Crippen molar-refractivity contribution < 1.29 is 4.74 Å². The van der Waals surface area contributed by atoms with Crippen LogP contribution in [0.4, 0.5) is 0 Å². The van der Waals surface area contributed by atoms with Crippen LogP contribution in [0.3, 0.4) is 0 Å². The third kappa shape index (κ3) is 3.64. The second-order valence-corrected chi connectivity index (χ2v) is 7.45. The molecule has 0 saturated carbocycles. The number of aromatic nitrogens is 4. The lowest BCUT2D eigenvalue weighted by atomic mass is 10.1. The zero-order valence-electron chi connectivity index (χ0n) is 15.1. The molecule has 6 nitrogen and oxygen atoms in total. The van der Waals surface area contributed by atoms with Crippen LogP contribution in [0.25, 0.3) is 11.5 Å². The molecule has 0 radical (unpaired) electrons. The Balaban J connectivity index is 1.62. The molecule has 0 spiro atoms. The van der Waals surface area contributed by atoms with Crippen molar-refractivity contribution in [3.05, 3.63) is 46.5 Å². The Morgan fingerprint density at radius 1 is 1.19 bits per heavy atom. The topological polar surface area (TPSA) is 56.1 Å². The van der Waals surface area contributed by atoms with E-state index in [1.807, 2.05) is 23.0 Å². The van der Waals surface area contributed by atoms with Crippen molar-refractivity contribution in [2.45, 2.75) is 25.3 Å². The van der Waals surface area contributed by atoms with Crippen molar-refractivity contribution in [3.63, 3.8) is 0 Å². The Bertz CT molecular complexity index is 835. The Labute approximate surface area is 157 Å². The van der Waals surface area contributed by atoms with Crippen molar-refractivity contribution >= 4 is 11.3 Å². The molecule has 7 heteroatoms. The van der Waals surface area contributed by atoms with E-state index < -0.39 is 0 Å². The summed E-state index contributed by atoms with van der Waals surface area (Å²) in [4.78, 5) is 11.7. The quantitative estimate of drug-likeness (QED) is 0.691. The van der Waals surface area contributed by atoms with Crippen molar-refractivity contribution in [3.8, 4) is 17.3 Å². The van der Waals surface area contributed by atoms with E-state index in [9.17, 15) is 0 Å². The lowest BCUT2D eigenvalue weighted by Gasteiger charge is -2.29. The number of hydrogen-bond donors (Lipinski definition) is 0. The summed E-state index contributed by atoms with van der Waals surface area (Å²) in [7, 11) is 3.86. The second kappa shape index (κ2) is 7.55. The molecule has 1 aliphatic rings. The first-order valence-corrected chi connectivity index (χ1v) is 9.82. The minimum Gasteiger partial charge on any atom is -0.497 e. The van der Waals surface area contributed by atoms with Crippen LogP contribution in [-0.4, -0.2) is 51.9 Å². The number of ether oxygens (including phenoxy) is 1. The second-order valence-electron chi connectivity index (χ2n) is 6.73. The minimum atomic E-state index is 0.389. The van der Waals surface area contributed by atoms with Gasteiger partial charge in [-0.1, -0.05) is 12.1 Å². The van der Waals surface area contributed by atoms with Gasteiger partial charge in [-0.2, -0.15) is 5.10 Å². The molecule has 0 bridgehead atoms. The number of hydrogen-bond acceptors (Lipinski definition) is 6. The maximum Gasteiger partial charge on any atom is 0.178 e. The number of benzene rings is 1. The number of likely N-dealkylation sites (tertiary alicyclic amines) is 1. The van der Waals surface area contributed by atoms with Gasteiger partial charge in [-0.15, -0.1) is 11.3 Å². The van der Waals surface area contributed by atoms with Crippen LogP contribution >= 0.6 is 11.3 Å². The number of methoxy groups -OCH3 is 1. The van der Waals surface area contributed by atoms with Crippen molar-refractivity contribution in [1.82, 2.24) is 24.6 Å². The molecule has 3 aromatic rings. The molecule has 0 N–H and O–H groups in total. The maximum absolute atomic E-state index is 5.23. The van der Waals surface area contributed by atoms with Crippen molar-refractivity contribution in [1.29, 1.82) is 0 Å². The van der Waals surface area contributed by atoms with E-state index in [-0.39, 0.29) is 0 Å². The molecular formula is C19H23N5OS. The molecule has 1 fully saturated rings. The standard InChI is InChI=1S/C19H23N5OS/c1-23-9-7-15(8-10-23)24-19(17-12-26-13-20-17)21-18(22-24)11-14-3-5-16(25-2)6-4-14/h3-6,12-13,15H,7-11H2,1-2H3. The van der Waals surface area contributed by atoms with E-state index in [2.05, 4.69) is 33.7 Å². The first-order chi connectivity index (χ1) is 12.7. The van der Waals surface area contributed by atoms with E-state index >= 15 is 0 Å². The molecule has 0 unspecified atom stereocenters. The maximum atomic E-state index is 5.23. The highest BCUT2D eigenvalue weighted by Gasteiger charge is 2.24. The molecule has 0 atom stereocenters. The average Bonchev–Trinajstić information content (AvgIpc) is 3.33. The molecule has 3 heterocycles. The van der Waals surface area contributed by atoms with Gasteiger partial charge >= 0.3 is 0 Å². The lowest BCUT2D eigenvalue weighted by molar-refractivity contribution is 0.213. The number of piperidine rings is 1. The van der Waals surface area contributed by atoms with E-state index in [1.54, 1.807) is 18.4 Å². The number of thiazole rings is 1. The van der Waals surface area contributed by atoms with E-state index in [4.69, 9.17) is 14.8 Å². The van der Waals surface area contributed by atoms with Crippen LogP contribution in [-0.2, 0) is 6.42 Å². The molecular weight excluding hydrogens is 346 g/mol. The Kier molecular flexibility index (Phi) is 4.99. The molecule has 2 aromatic heterocycles. The first kappa shape index (κ1) is 17.2. The fourth-order valence-electron chi connectivity index (χ4n) is 3.36. The molecule has 1 aromatic carbocycles. The van der Waals surface area contributed by atoms with Crippen molar-refractivity contribution in [2.24, 2.45) is 0 Å². The van der Waals surface area contributed by atoms with E-state index in [0.29, 0.717) is 12.5 Å². The average molecular weight is 369 g/mol. The molecule has 1 saturated heterocycles. The minimum absolute atomic E-state index is 0.389. The van der Waals surface area contributed by atoms with Gasteiger partial charge < -0.3 is 9.64 Å². The van der Waals surface area contributed by atoms with Gasteiger partial charge in [0.15, 0.2) is 11.6 Å². The normalized spacial score (nSPS) is 16.1. The molecule has 0 aliphatic carbocycles. The van der Waals surface area contributed by atoms with Crippen LogP contribution in [0.15, 0.2) is 35.2 Å². The summed E-state index contributed by atoms with van der Waals surface area (Å²) >= 11 is 1.59. The summed E-state index contributed by atoms with van der Waals surface area (Å²) in [5.74, 6) is 2.60. The summed E-state index contributed by atoms with van der Waals surface area (Å²) in [5, 5.41) is 6.92. The summed E-state index contributed by atoms with van der Waals surface area (Å²) < 4.78 is 7.35. The zero-order chi connectivity index (χ0) is 17.9. The fraction of sp³-hybridized carbons (Fsp3) is 0.421. The van der Waals surface area contributed by atoms with Gasteiger partial charge in [0, 0.05) is 11.8 Å². The van der Waals surface area contributed by atoms with Gasteiger partial charge in [0.1, 0.15) is 11.4 Å². The third-order valence-electron chi connectivity index (χ3n) is 4.89.